The van der Waals surface area contributed by atoms with Gasteiger partial charge in [-0.3, -0.25) is 4.79 Å². The number of ketones is 2. The molecule has 3 heteroatoms. The third-order valence-electron chi connectivity index (χ3n) is 5.46. The molecule has 1 fully saturated rings. The second-order valence-corrected chi connectivity index (χ2v) is 7.84. The molecule has 0 aromatic carbocycles. The van der Waals surface area contributed by atoms with E-state index in [1.54, 1.807) is 13.0 Å². The highest BCUT2D eigenvalue weighted by Crippen LogP contribution is 2.32. The van der Waals surface area contributed by atoms with Crippen molar-refractivity contribution in [2.45, 2.75) is 84.2 Å². The molecule has 0 amide bonds. The van der Waals surface area contributed by atoms with Gasteiger partial charge in [-0.1, -0.05) is 69.2 Å². The van der Waals surface area contributed by atoms with Crippen molar-refractivity contribution in [2.24, 2.45) is 11.8 Å². The van der Waals surface area contributed by atoms with Crippen molar-refractivity contribution in [1.82, 2.24) is 0 Å². The third kappa shape index (κ3) is 9.45. The topological polar surface area (TPSA) is 54.4 Å². The number of Topliss-reactive ketones (excluding diaryl/α,β-unsaturated/α-hetero) is 2. The molecule has 28 heavy (non-hydrogen) atoms. The monoisotopic (exact) mass is 386 g/mol. The zero-order valence-electron chi connectivity index (χ0n) is 17.7. The minimum absolute atomic E-state index is 0.0513. The molecule has 0 aromatic rings. The van der Waals surface area contributed by atoms with Crippen LogP contribution in [0, 0.1) is 11.8 Å². The molecule has 156 valence electrons. The number of allylic oxidation sites excluding steroid dienone is 5. The lowest BCUT2D eigenvalue weighted by molar-refractivity contribution is -0.121. The maximum atomic E-state index is 12.2. The predicted octanol–water partition coefficient (Wildman–Crippen LogP) is 5.90. The van der Waals surface area contributed by atoms with Crippen LogP contribution in [0.2, 0.25) is 0 Å². The van der Waals surface area contributed by atoms with Gasteiger partial charge in [-0.05, 0) is 50.5 Å². The lowest BCUT2D eigenvalue weighted by atomic mass is 9.91. The van der Waals surface area contributed by atoms with Crippen molar-refractivity contribution in [2.75, 3.05) is 0 Å². The van der Waals surface area contributed by atoms with Crippen LogP contribution in [0.25, 0.3) is 0 Å². The van der Waals surface area contributed by atoms with E-state index in [0.29, 0.717) is 18.6 Å². The van der Waals surface area contributed by atoms with E-state index in [1.165, 1.54) is 0 Å². The Hall–Kier alpha value is -1.74. The molecular formula is C25H38O3. The van der Waals surface area contributed by atoms with Gasteiger partial charge in [0, 0.05) is 18.8 Å². The molecule has 0 heterocycles. The smallest absolute Gasteiger partial charge is 0.136 e. The zero-order valence-corrected chi connectivity index (χ0v) is 17.7. The maximum absolute atomic E-state index is 12.2. The van der Waals surface area contributed by atoms with Gasteiger partial charge < -0.3 is 9.90 Å². The number of hydrogen-bond acceptors (Lipinski definition) is 3. The fourth-order valence-corrected chi connectivity index (χ4v) is 3.68. The maximum Gasteiger partial charge on any atom is 0.136 e. The largest absolute Gasteiger partial charge is 0.388 e. The first-order chi connectivity index (χ1) is 13.5. The number of unbranched alkanes of at least 4 members (excludes halogenated alkanes) is 3. The van der Waals surface area contributed by atoms with Crippen LogP contribution in [0.1, 0.15) is 78.1 Å². The summed E-state index contributed by atoms with van der Waals surface area (Å²) >= 11 is 0. The summed E-state index contributed by atoms with van der Waals surface area (Å²) in [4.78, 5) is 23.2. The van der Waals surface area contributed by atoms with Crippen LogP contribution in [-0.2, 0) is 9.59 Å². The van der Waals surface area contributed by atoms with E-state index < -0.39 is 6.10 Å². The standard InChI is InChI=1S/C25H38O3/c1-4-6-9-17-24(27)21(5-2)14-12-15-22-18-19-25(28)23(22)16-11-8-7-10-13-20(3)26/h5,8,11-12,14-15,22-24,27H,2,4,6-7,9-10,13,16-19H2,1,3H3/b11-8-,15-12+,21-14+/t22-,23+,24?/m0/s1. The Morgan fingerprint density at radius 1 is 1.29 bits per heavy atom. The molecule has 1 rings (SSSR count). The molecule has 1 aliphatic carbocycles. The van der Waals surface area contributed by atoms with Crippen LogP contribution in [-0.4, -0.2) is 22.8 Å². The molecular weight excluding hydrogens is 348 g/mol. The Morgan fingerprint density at radius 2 is 2.07 bits per heavy atom. The van der Waals surface area contributed by atoms with E-state index in [9.17, 15) is 14.7 Å². The second-order valence-electron chi connectivity index (χ2n) is 7.84. The lowest BCUT2D eigenvalue weighted by Gasteiger charge is -2.13. The molecule has 3 nitrogen and oxygen atoms in total. The highest BCUT2D eigenvalue weighted by Gasteiger charge is 2.31. The van der Waals surface area contributed by atoms with Gasteiger partial charge >= 0.3 is 0 Å². The van der Waals surface area contributed by atoms with Crippen LogP contribution in [0.4, 0.5) is 0 Å². The summed E-state index contributed by atoms with van der Waals surface area (Å²) in [6.45, 7) is 7.59. The van der Waals surface area contributed by atoms with Crippen molar-refractivity contribution < 1.29 is 14.7 Å². The molecule has 1 saturated carbocycles. The minimum Gasteiger partial charge on any atom is -0.388 e. The summed E-state index contributed by atoms with van der Waals surface area (Å²) in [5.74, 6) is 0.881. The van der Waals surface area contributed by atoms with E-state index in [0.717, 1.165) is 56.9 Å². The lowest BCUT2D eigenvalue weighted by Crippen LogP contribution is -2.12. The van der Waals surface area contributed by atoms with Gasteiger partial charge in [-0.25, -0.2) is 0 Å². The van der Waals surface area contributed by atoms with E-state index in [1.807, 2.05) is 12.2 Å². The molecule has 0 saturated heterocycles. The second kappa shape index (κ2) is 14.3. The Kier molecular flexibility index (Phi) is 12.4. The average Bonchev–Trinajstić information content (AvgIpc) is 3.01. The summed E-state index contributed by atoms with van der Waals surface area (Å²) in [5.41, 5.74) is 0.846. The van der Waals surface area contributed by atoms with E-state index in [4.69, 9.17) is 0 Å². The Balaban J connectivity index is 2.54. The number of aliphatic hydroxyl groups is 1. The Morgan fingerprint density at radius 3 is 2.75 bits per heavy atom. The Labute approximate surface area is 171 Å². The summed E-state index contributed by atoms with van der Waals surface area (Å²) in [6, 6.07) is 0. The van der Waals surface area contributed by atoms with Crippen molar-refractivity contribution in [3.8, 4) is 0 Å². The van der Waals surface area contributed by atoms with E-state index >= 15 is 0 Å². The Bertz CT molecular complexity index is 583. The predicted molar refractivity (Wildman–Crippen MR) is 117 cm³/mol. The number of aliphatic hydroxyl groups excluding tert-OH is 1. The summed E-state index contributed by atoms with van der Waals surface area (Å²) in [5, 5.41) is 10.3. The molecule has 0 aliphatic heterocycles. The molecule has 0 radical (unpaired) electrons. The number of carbonyl (C=O) groups is 2. The number of carbonyl (C=O) groups excluding carboxylic acids is 2. The van der Waals surface area contributed by atoms with Crippen molar-refractivity contribution in [3.05, 3.63) is 48.6 Å². The first-order valence-corrected chi connectivity index (χ1v) is 10.9. The van der Waals surface area contributed by atoms with Gasteiger partial charge in [-0.15, -0.1) is 0 Å². The molecule has 0 bridgehead atoms. The first-order valence-electron chi connectivity index (χ1n) is 10.9. The summed E-state index contributed by atoms with van der Waals surface area (Å²) in [6.07, 6.45) is 20.2. The fraction of sp³-hybridized carbons (Fsp3) is 0.600. The van der Waals surface area contributed by atoms with Gasteiger partial charge in [0.05, 0.1) is 6.10 Å². The third-order valence-corrected chi connectivity index (χ3v) is 5.46. The SMILES string of the molecule is C=C/C(=C\C=C\[C@H]1CCC(=O)[C@@H]1C/C=C\CCCC(C)=O)C(O)CCCCC. The van der Waals surface area contributed by atoms with E-state index in [2.05, 4.69) is 31.7 Å². The fourth-order valence-electron chi connectivity index (χ4n) is 3.68. The molecule has 1 N–H and O–H groups in total. The highest BCUT2D eigenvalue weighted by molar-refractivity contribution is 5.83. The van der Waals surface area contributed by atoms with Gasteiger partial charge in [0.1, 0.15) is 11.6 Å². The van der Waals surface area contributed by atoms with Crippen LogP contribution in [0.5, 0.6) is 0 Å². The van der Waals surface area contributed by atoms with E-state index in [-0.39, 0.29) is 17.6 Å². The zero-order chi connectivity index (χ0) is 20.8. The molecule has 0 aromatic heterocycles. The van der Waals surface area contributed by atoms with Gasteiger partial charge in [0.2, 0.25) is 0 Å². The van der Waals surface area contributed by atoms with Crippen LogP contribution in [0.3, 0.4) is 0 Å². The molecule has 1 aliphatic rings. The van der Waals surface area contributed by atoms with Crippen molar-refractivity contribution in [1.29, 1.82) is 0 Å². The average molecular weight is 387 g/mol. The first kappa shape index (κ1) is 24.3. The van der Waals surface area contributed by atoms with Gasteiger partial charge in [0.25, 0.3) is 0 Å². The molecule has 1 unspecified atom stereocenters. The molecule has 0 spiro atoms. The van der Waals surface area contributed by atoms with Gasteiger partial charge in [-0.2, -0.15) is 0 Å². The van der Waals surface area contributed by atoms with Crippen LogP contribution < -0.4 is 0 Å². The molecule has 3 atom stereocenters. The minimum atomic E-state index is -0.465. The summed E-state index contributed by atoms with van der Waals surface area (Å²) < 4.78 is 0. The van der Waals surface area contributed by atoms with Crippen LogP contribution >= 0.6 is 0 Å². The highest BCUT2D eigenvalue weighted by atomic mass is 16.3. The van der Waals surface area contributed by atoms with Crippen LogP contribution in [0.15, 0.2) is 48.6 Å². The normalized spacial score (nSPS) is 21.7. The van der Waals surface area contributed by atoms with Gasteiger partial charge in [0.15, 0.2) is 0 Å². The van der Waals surface area contributed by atoms with Crippen molar-refractivity contribution in [3.63, 3.8) is 0 Å². The summed E-state index contributed by atoms with van der Waals surface area (Å²) in [7, 11) is 0. The number of rotatable bonds is 14. The van der Waals surface area contributed by atoms with Crippen molar-refractivity contribution >= 4 is 11.6 Å². The number of hydrogen-bond donors (Lipinski definition) is 1. The quantitative estimate of drug-likeness (QED) is 0.230.